The molecule has 0 saturated carbocycles. The number of sulfonamides is 1. The van der Waals surface area contributed by atoms with Crippen molar-refractivity contribution in [1.82, 2.24) is 14.9 Å². The average molecular weight is 420 g/mol. The zero-order valence-corrected chi connectivity index (χ0v) is 17.6. The SMILES string of the molecule is CCCCOc1ccc(S(=O)(=O)NCCNc2cc(N3CCCC3)cnn2)cc1. The highest BCUT2D eigenvalue weighted by Crippen LogP contribution is 2.20. The number of ether oxygens (including phenoxy) is 1. The molecule has 158 valence electrons. The molecule has 0 atom stereocenters. The van der Waals surface area contributed by atoms with Crippen molar-refractivity contribution in [3.63, 3.8) is 0 Å². The third-order valence-corrected chi connectivity index (χ3v) is 6.21. The molecule has 29 heavy (non-hydrogen) atoms. The maximum atomic E-state index is 12.4. The Kier molecular flexibility index (Phi) is 7.65. The van der Waals surface area contributed by atoms with Crippen molar-refractivity contribution in [2.24, 2.45) is 0 Å². The van der Waals surface area contributed by atoms with Crippen LogP contribution in [0.1, 0.15) is 32.6 Å². The van der Waals surface area contributed by atoms with Gasteiger partial charge in [-0.2, -0.15) is 5.10 Å². The summed E-state index contributed by atoms with van der Waals surface area (Å²) >= 11 is 0. The largest absolute Gasteiger partial charge is 0.494 e. The summed E-state index contributed by atoms with van der Waals surface area (Å²) in [6.07, 6.45) is 6.17. The van der Waals surface area contributed by atoms with Gasteiger partial charge in [-0.1, -0.05) is 13.3 Å². The molecule has 9 heteroatoms. The van der Waals surface area contributed by atoms with E-state index in [0.717, 1.165) is 31.6 Å². The predicted octanol–water partition coefficient (Wildman–Crippen LogP) is 2.65. The van der Waals surface area contributed by atoms with Crippen molar-refractivity contribution in [3.8, 4) is 5.75 Å². The predicted molar refractivity (Wildman–Crippen MR) is 114 cm³/mol. The third-order valence-electron chi connectivity index (χ3n) is 4.74. The van der Waals surface area contributed by atoms with Gasteiger partial charge in [0.2, 0.25) is 10.0 Å². The normalized spacial score (nSPS) is 14.2. The second-order valence-electron chi connectivity index (χ2n) is 6.99. The van der Waals surface area contributed by atoms with Crippen LogP contribution in [0.15, 0.2) is 41.4 Å². The highest BCUT2D eigenvalue weighted by Gasteiger charge is 2.15. The zero-order chi connectivity index (χ0) is 20.5. The smallest absolute Gasteiger partial charge is 0.240 e. The van der Waals surface area contributed by atoms with Crippen LogP contribution in [-0.2, 0) is 10.0 Å². The quantitative estimate of drug-likeness (QED) is 0.541. The molecule has 3 rings (SSSR count). The highest BCUT2D eigenvalue weighted by molar-refractivity contribution is 7.89. The van der Waals surface area contributed by atoms with E-state index < -0.39 is 10.0 Å². The fourth-order valence-electron chi connectivity index (χ4n) is 3.10. The van der Waals surface area contributed by atoms with Gasteiger partial charge < -0.3 is 15.0 Å². The summed E-state index contributed by atoms with van der Waals surface area (Å²) in [4.78, 5) is 2.49. The van der Waals surface area contributed by atoms with Gasteiger partial charge in [-0.05, 0) is 43.5 Å². The molecule has 1 aromatic carbocycles. The second-order valence-corrected chi connectivity index (χ2v) is 8.76. The minimum absolute atomic E-state index is 0.219. The van der Waals surface area contributed by atoms with E-state index in [-0.39, 0.29) is 11.4 Å². The van der Waals surface area contributed by atoms with Gasteiger partial charge in [0.1, 0.15) is 5.75 Å². The molecule has 2 heterocycles. The maximum Gasteiger partial charge on any atom is 0.240 e. The number of anilines is 2. The molecule has 8 nitrogen and oxygen atoms in total. The Hall–Kier alpha value is -2.39. The Bertz CT molecular complexity index is 868. The van der Waals surface area contributed by atoms with Crippen molar-refractivity contribution >= 4 is 21.5 Å². The number of unbranched alkanes of at least 4 members (excludes halogenated alkanes) is 1. The van der Waals surface area contributed by atoms with E-state index in [1.165, 1.54) is 12.8 Å². The summed E-state index contributed by atoms with van der Waals surface area (Å²) in [7, 11) is -3.57. The first-order chi connectivity index (χ1) is 14.1. The van der Waals surface area contributed by atoms with Gasteiger partial charge in [0.25, 0.3) is 0 Å². The summed E-state index contributed by atoms with van der Waals surface area (Å²) in [5.41, 5.74) is 1.04. The number of nitrogens with one attached hydrogen (secondary N) is 2. The van der Waals surface area contributed by atoms with Crippen LogP contribution in [0, 0.1) is 0 Å². The third kappa shape index (κ3) is 6.30. The molecule has 1 saturated heterocycles. The summed E-state index contributed by atoms with van der Waals surface area (Å²) in [5, 5.41) is 11.2. The zero-order valence-electron chi connectivity index (χ0n) is 16.8. The van der Waals surface area contributed by atoms with Crippen molar-refractivity contribution in [3.05, 3.63) is 36.5 Å². The van der Waals surface area contributed by atoms with E-state index in [1.807, 2.05) is 6.07 Å². The van der Waals surface area contributed by atoms with Crippen molar-refractivity contribution in [1.29, 1.82) is 0 Å². The Morgan fingerprint density at radius 3 is 2.62 bits per heavy atom. The van der Waals surface area contributed by atoms with E-state index >= 15 is 0 Å². The van der Waals surface area contributed by atoms with Gasteiger partial charge >= 0.3 is 0 Å². The molecule has 0 aliphatic carbocycles. The Labute approximate surface area is 172 Å². The van der Waals surface area contributed by atoms with Gasteiger partial charge in [-0.15, -0.1) is 5.10 Å². The van der Waals surface area contributed by atoms with Crippen molar-refractivity contribution in [2.45, 2.75) is 37.5 Å². The molecule has 0 spiro atoms. The fourth-order valence-corrected chi connectivity index (χ4v) is 4.13. The molecule has 1 aliphatic heterocycles. The molecule has 2 aromatic rings. The van der Waals surface area contributed by atoms with E-state index in [0.29, 0.717) is 24.7 Å². The molecular formula is C20H29N5O3S. The van der Waals surface area contributed by atoms with Crippen LogP contribution in [0.4, 0.5) is 11.5 Å². The number of hydrogen-bond donors (Lipinski definition) is 2. The van der Waals surface area contributed by atoms with Crippen LogP contribution in [0.2, 0.25) is 0 Å². The summed E-state index contributed by atoms with van der Waals surface area (Å²) < 4.78 is 33.0. The summed E-state index contributed by atoms with van der Waals surface area (Å²) in [6.45, 7) is 5.45. The first-order valence-corrected chi connectivity index (χ1v) is 11.6. The monoisotopic (exact) mass is 419 g/mol. The van der Waals surface area contributed by atoms with Crippen LogP contribution in [0.3, 0.4) is 0 Å². The number of rotatable bonds is 11. The lowest BCUT2D eigenvalue weighted by Gasteiger charge is -2.17. The lowest BCUT2D eigenvalue weighted by molar-refractivity contribution is 0.309. The lowest BCUT2D eigenvalue weighted by atomic mass is 10.3. The Balaban J connectivity index is 1.46. The van der Waals surface area contributed by atoms with Crippen LogP contribution in [-0.4, -0.2) is 51.4 Å². The lowest BCUT2D eigenvalue weighted by Crippen LogP contribution is -2.29. The summed E-state index contributed by atoms with van der Waals surface area (Å²) in [5.74, 6) is 1.32. The van der Waals surface area contributed by atoms with Crippen LogP contribution in [0.5, 0.6) is 5.75 Å². The first-order valence-electron chi connectivity index (χ1n) is 10.1. The Morgan fingerprint density at radius 2 is 1.90 bits per heavy atom. The molecule has 1 fully saturated rings. The van der Waals surface area contributed by atoms with Gasteiger partial charge in [-0.25, -0.2) is 13.1 Å². The van der Waals surface area contributed by atoms with Gasteiger partial charge in [0, 0.05) is 32.2 Å². The van der Waals surface area contributed by atoms with Gasteiger partial charge in [-0.3, -0.25) is 0 Å². The highest BCUT2D eigenvalue weighted by atomic mass is 32.2. The second kappa shape index (κ2) is 10.4. The topological polar surface area (TPSA) is 96.5 Å². The molecule has 2 N–H and O–H groups in total. The van der Waals surface area contributed by atoms with Crippen molar-refractivity contribution < 1.29 is 13.2 Å². The van der Waals surface area contributed by atoms with E-state index in [4.69, 9.17) is 4.74 Å². The van der Waals surface area contributed by atoms with E-state index in [1.54, 1.807) is 30.5 Å². The fraction of sp³-hybridized carbons (Fsp3) is 0.500. The number of nitrogens with zero attached hydrogens (tertiary/aromatic N) is 3. The molecule has 0 bridgehead atoms. The average Bonchev–Trinajstić information content (AvgIpc) is 3.27. The van der Waals surface area contributed by atoms with Crippen LogP contribution in [0.25, 0.3) is 0 Å². The van der Waals surface area contributed by atoms with E-state index in [2.05, 4.69) is 32.1 Å². The summed E-state index contributed by atoms with van der Waals surface area (Å²) in [6, 6.07) is 8.43. The molecule has 0 radical (unpaired) electrons. The number of benzene rings is 1. The van der Waals surface area contributed by atoms with Crippen molar-refractivity contribution in [2.75, 3.05) is 43.0 Å². The molecular weight excluding hydrogens is 390 g/mol. The first kappa shape index (κ1) is 21.3. The van der Waals surface area contributed by atoms with Gasteiger partial charge in [0.05, 0.1) is 23.4 Å². The molecule has 1 aromatic heterocycles. The molecule has 1 aliphatic rings. The van der Waals surface area contributed by atoms with Crippen LogP contribution >= 0.6 is 0 Å². The Morgan fingerprint density at radius 1 is 1.14 bits per heavy atom. The standard InChI is InChI=1S/C20H29N5O3S/c1-2-3-14-28-18-6-8-19(9-7-18)29(26,27)23-11-10-21-20-15-17(16-22-24-20)25-12-4-5-13-25/h6-9,15-16,23H,2-5,10-14H2,1H3,(H,21,24). The molecule has 0 unspecified atom stereocenters. The number of aromatic nitrogens is 2. The number of hydrogen-bond acceptors (Lipinski definition) is 7. The minimum atomic E-state index is -3.57. The molecule has 0 amide bonds. The van der Waals surface area contributed by atoms with Crippen LogP contribution < -0.4 is 19.7 Å². The van der Waals surface area contributed by atoms with E-state index in [9.17, 15) is 8.42 Å². The maximum absolute atomic E-state index is 12.4. The van der Waals surface area contributed by atoms with Gasteiger partial charge in [0.15, 0.2) is 5.82 Å². The minimum Gasteiger partial charge on any atom is -0.494 e.